The molecule has 2 N–H and O–H groups in total. The number of halogens is 1. The molecule has 3 fully saturated rings. The van der Waals surface area contributed by atoms with Crippen LogP contribution in [0.15, 0.2) is 48.5 Å². The number of rotatable bonds is 7. The zero-order valence-electron chi connectivity index (χ0n) is 24.2. The number of aryl methyl sites for hydroxylation is 1. The first-order valence-electron chi connectivity index (χ1n) is 15.3. The number of carbonyl (C=O) groups is 1. The number of nitrogens with two attached hydrogens (primary N) is 1. The number of fused-ring (bicyclic) bond motifs is 3. The van der Waals surface area contributed by atoms with Crippen molar-refractivity contribution in [1.29, 1.82) is 0 Å². The van der Waals surface area contributed by atoms with Crippen LogP contribution < -0.4 is 5.73 Å². The molecule has 2 unspecified atom stereocenters. The van der Waals surface area contributed by atoms with Crippen LogP contribution >= 0.6 is 0 Å². The van der Waals surface area contributed by atoms with E-state index in [1.807, 2.05) is 24.8 Å². The van der Waals surface area contributed by atoms with Crippen LogP contribution in [-0.2, 0) is 10.2 Å². The number of nitrogens with zero attached hydrogens (tertiary/aromatic N) is 4. The minimum atomic E-state index is -0.463. The van der Waals surface area contributed by atoms with Crippen molar-refractivity contribution in [2.45, 2.75) is 95.3 Å². The third-order valence-electron chi connectivity index (χ3n) is 10.3. The highest BCUT2D eigenvalue weighted by Gasteiger charge is 2.44. The minimum absolute atomic E-state index is 0.0466. The number of hydrogen-bond donors (Lipinski definition) is 1. The number of carbonyl (C=O) groups excluding carboxylic acids is 1. The molecule has 2 bridgehead atoms. The van der Waals surface area contributed by atoms with Crippen molar-refractivity contribution >= 4 is 16.9 Å². The molecule has 0 aliphatic carbocycles. The maximum absolute atomic E-state index is 14.4. The molecule has 3 aliphatic heterocycles. The molecule has 3 atom stereocenters. The van der Waals surface area contributed by atoms with Crippen molar-refractivity contribution in [3.63, 3.8) is 0 Å². The summed E-state index contributed by atoms with van der Waals surface area (Å²) in [6.45, 7) is 8.51. The number of hydrogen-bond acceptors (Lipinski definition) is 4. The van der Waals surface area contributed by atoms with E-state index in [0.717, 1.165) is 55.6 Å². The summed E-state index contributed by atoms with van der Waals surface area (Å²) in [5.41, 5.74) is 9.50. The van der Waals surface area contributed by atoms with Crippen LogP contribution in [0.4, 0.5) is 4.39 Å². The topological polar surface area (TPSA) is 67.4 Å². The van der Waals surface area contributed by atoms with Crippen molar-refractivity contribution in [2.24, 2.45) is 11.7 Å². The van der Waals surface area contributed by atoms with E-state index < -0.39 is 6.04 Å². The van der Waals surface area contributed by atoms with Gasteiger partial charge in [0.25, 0.3) is 0 Å². The molecule has 1 aromatic heterocycles. The Bertz CT molecular complexity index is 1350. The molecule has 40 heavy (non-hydrogen) atoms. The molecule has 6 nitrogen and oxygen atoms in total. The molecule has 0 radical (unpaired) electrons. The third kappa shape index (κ3) is 4.96. The van der Waals surface area contributed by atoms with Gasteiger partial charge in [-0.05, 0) is 99.6 Å². The fourth-order valence-corrected chi connectivity index (χ4v) is 7.94. The molecular weight excluding hydrogens is 501 g/mol. The first-order chi connectivity index (χ1) is 19.3. The Balaban J connectivity index is 1.18. The van der Waals surface area contributed by atoms with Gasteiger partial charge < -0.3 is 15.2 Å². The van der Waals surface area contributed by atoms with Crippen LogP contribution in [-0.4, -0.2) is 63.0 Å². The molecule has 3 aliphatic rings. The molecule has 7 heteroatoms. The van der Waals surface area contributed by atoms with Gasteiger partial charge in [0.15, 0.2) is 0 Å². The molecule has 6 rings (SSSR count). The first kappa shape index (κ1) is 27.4. The zero-order valence-corrected chi connectivity index (χ0v) is 24.2. The van der Waals surface area contributed by atoms with Crippen molar-refractivity contribution in [3.8, 4) is 0 Å². The predicted molar refractivity (Wildman–Crippen MR) is 158 cm³/mol. The number of para-hydroxylation sites is 2. The van der Waals surface area contributed by atoms with E-state index in [-0.39, 0.29) is 23.1 Å². The van der Waals surface area contributed by atoms with E-state index in [4.69, 9.17) is 10.7 Å². The predicted octanol–water partition coefficient (Wildman–Crippen LogP) is 5.59. The van der Waals surface area contributed by atoms with E-state index >= 15 is 0 Å². The van der Waals surface area contributed by atoms with Crippen molar-refractivity contribution < 1.29 is 9.18 Å². The van der Waals surface area contributed by atoms with Crippen LogP contribution in [0.2, 0.25) is 0 Å². The average Bonchev–Trinajstić information content (AvgIpc) is 3.41. The molecule has 3 aromatic rings. The summed E-state index contributed by atoms with van der Waals surface area (Å²) in [4.78, 5) is 22.5. The smallest absolute Gasteiger partial charge is 0.239 e. The van der Waals surface area contributed by atoms with Crippen molar-refractivity contribution in [2.75, 3.05) is 19.6 Å². The summed E-state index contributed by atoms with van der Waals surface area (Å²) in [6.07, 6.45) is 7.47. The van der Waals surface area contributed by atoms with Gasteiger partial charge in [-0.3, -0.25) is 9.69 Å². The summed E-state index contributed by atoms with van der Waals surface area (Å²) in [5, 5.41) is 0. The quantitative estimate of drug-likeness (QED) is 0.421. The van der Waals surface area contributed by atoms with Crippen LogP contribution in [0.3, 0.4) is 0 Å². The van der Waals surface area contributed by atoms with Gasteiger partial charge in [-0.15, -0.1) is 0 Å². The van der Waals surface area contributed by atoms with Gasteiger partial charge in [-0.1, -0.05) is 38.1 Å². The number of benzene rings is 2. The Labute approximate surface area is 237 Å². The van der Waals surface area contributed by atoms with E-state index in [2.05, 4.69) is 46.7 Å². The van der Waals surface area contributed by atoms with Crippen LogP contribution in [0, 0.1) is 18.7 Å². The van der Waals surface area contributed by atoms with Gasteiger partial charge in [0.05, 0.1) is 17.1 Å². The number of amides is 1. The molecule has 4 heterocycles. The second-order valence-corrected chi connectivity index (χ2v) is 12.9. The molecule has 1 amide bonds. The summed E-state index contributed by atoms with van der Waals surface area (Å²) >= 11 is 0. The van der Waals surface area contributed by atoms with Gasteiger partial charge in [0, 0.05) is 31.2 Å². The molecule has 3 saturated heterocycles. The SMILES string of the molecule is Cc1nc2ccccc2n1C1CC2CCC(C1)N2CCC1(c2cccc(F)c2)CCN(C(=O)[C@@H](N)C(C)C)CC1. The number of aromatic nitrogens is 2. The lowest BCUT2D eigenvalue weighted by Gasteiger charge is -2.46. The van der Waals surface area contributed by atoms with Crippen molar-refractivity contribution in [3.05, 3.63) is 65.7 Å². The third-order valence-corrected chi connectivity index (χ3v) is 10.3. The van der Waals surface area contributed by atoms with Crippen LogP contribution in [0.1, 0.15) is 76.2 Å². The summed E-state index contributed by atoms with van der Waals surface area (Å²) in [6, 6.07) is 16.9. The molecule has 0 saturated carbocycles. The largest absolute Gasteiger partial charge is 0.341 e. The Morgan fingerprint density at radius 1 is 1.05 bits per heavy atom. The summed E-state index contributed by atoms with van der Waals surface area (Å²) < 4.78 is 16.9. The minimum Gasteiger partial charge on any atom is -0.341 e. The maximum atomic E-state index is 14.4. The Morgan fingerprint density at radius 3 is 2.42 bits per heavy atom. The maximum Gasteiger partial charge on any atom is 0.239 e. The molecular formula is C33H44FN5O. The number of likely N-dealkylation sites (tertiary alicyclic amines) is 1. The first-order valence-corrected chi connectivity index (χ1v) is 15.3. The van der Waals surface area contributed by atoms with E-state index in [1.54, 1.807) is 6.07 Å². The second kappa shape index (κ2) is 10.9. The van der Waals surface area contributed by atoms with Gasteiger partial charge in [-0.25, -0.2) is 9.37 Å². The van der Waals surface area contributed by atoms with E-state index in [0.29, 0.717) is 31.2 Å². The molecule has 0 spiro atoms. The molecule has 214 valence electrons. The van der Waals surface area contributed by atoms with E-state index in [1.165, 1.54) is 24.4 Å². The summed E-state index contributed by atoms with van der Waals surface area (Å²) in [5.74, 6) is 1.10. The standard InChI is InChI=1S/C33H44FN5O/c1-22(2)31(35)32(40)37-16-13-33(14-17-37,24-7-6-8-25(34)19-24)15-18-38-26-11-12-27(38)21-28(20-26)39-23(3)36-29-9-4-5-10-30(29)39/h4-10,19,22,26-28,31H,11-18,20-21,35H2,1-3H3/t26?,27?,28?,31-/m0/s1. The van der Waals surface area contributed by atoms with Gasteiger partial charge in [-0.2, -0.15) is 0 Å². The highest BCUT2D eigenvalue weighted by molar-refractivity contribution is 5.82. The van der Waals surface area contributed by atoms with Gasteiger partial charge in [0.2, 0.25) is 5.91 Å². The highest BCUT2D eigenvalue weighted by atomic mass is 19.1. The van der Waals surface area contributed by atoms with Crippen molar-refractivity contribution in [1.82, 2.24) is 19.4 Å². The number of piperidine rings is 2. The lowest BCUT2D eigenvalue weighted by molar-refractivity contribution is -0.135. The van der Waals surface area contributed by atoms with Crippen LogP contribution in [0.25, 0.3) is 11.0 Å². The highest BCUT2D eigenvalue weighted by Crippen LogP contribution is 2.45. The van der Waals surface area contributed by atoms with Gasteiger partial charge in [0.1, 0.15) is 11.6 Å². The lowest BCUT2D eigenvalue weighted by Crippen LogP contribution is -2.53. The van der Waals surface area contributed by atoms with Gasteiger partial charge >= 0.3 is 0 Å². The lowest BCUT2D eigenvalue weighted by atomic mass is 9.70. The fourth-order valence-electron chi connectivity index (χ4n) is 7.94. The monoisotopic (exact) mass is 545 g/mol. The Morgan fingerprint density at radius 2 is 1.75 bits per heavy atom. The normalized spacial score (nSPS) is 25.6. The summed E-state index contributed by atoms with van der Waals surface area (Å²) in [7, 11) is 0. The zero-order chi connectivity index (χ0) is 28.0. The van der Waals surface area contributed by atoms with Crippen LogP contribution in [0.5, 0.6) is 0 Å². The Hall–Kier alpha value is -2.77. The van der Waals surface area contributed by atoms with E-state index in [9.17, 15) is 9.18 Å². The molecule has 2 aromatic carbocycles. The average molecular weight is 546 g/mol. The second-order valence-electron chi connectivity index (χ2n) is 12.9. The Kier molecular flexibility index (Phi) is 7.47. The fraction of sp³-hybridized carbons (Fsp3) is 0.576. The number of imidazole rings is 1.